The summed E-state index contributed by atoms with van der Waals surface area (Å²) < 4.78 is 0. The SMILES string of the molecule is CNC(=O)C1CCCN(c2ccc(C#N)cc2)C1. The van der Waals surface area contributed by atoms with Crippen LogP contribution in [0.5, 0.6) is 0 Å². The van der Waals surface area contributed by atoms with E-state index in [1.165, 1.54) is 0 Å². The first-order chi connectivity index (χ1) is 8.74. The fourth-order valence-electron chi connectivity index (χ4n) is 2.38. The second kappa shape index (κ2) is 5.54. The van der Waals surface area contributed by atoms with E-state index in [0.717, 1.165) is 31.6 Å². The van der Waals surface area contributed by atoms with E-state index in [0.29, 0.717) is 5.56 Å². The van der Waals surface area contributed by atoms with Crippen LogP contribution in [0, 0.1) is 17.2 Å². The zero-order valence-electron chi connectivity index (χ0n) is 10.5. The van der Waals surface area contributed by atoms with Gasteiger partial charge in [-0.15, -0.1) is 0 Å². The molecule has 18 heavy (non-hydrogen) atoms. The molecular formula is C14H17N3O. The van der Waals surface area contributed by atoms with E-state index in [-0.39, 0.29) is 11.8 Å². The van der Waals surface area contributed by atoms with Crippen LogP contribution in [0.15, 0.2) is 24.3 Å². The van der Waals surface area contributed by atoms with Gasteiger partial charge in [-0.2, -0.15) is 5.26 Å². The molecule has 1 aliphatic heterocycles. The molecule has 1 atom stereocenters. The Labute approximate surface area is 107 Å². The van der Waals surface area contributed by atoms with E-state index in [1.807, 2.05) is 24.3 Å². The number of nitrogens with zero attached hydrogens (tertiary/aromatic N) is 2. The quantitative estimate of drug-likeness (QED) is 0.856. The molecule has 1 N–H and O–H groups in total. The first-order valence-corrected chi connectivity index (χ1v) is 6.21. The lowest BCUT2D eigenvalue weighted by Crippen LogP contribution is -2.42. The Morgan fingerprint density at radius 3 is 2.78 bits per heavy atom. The Bertz CT molecular complexity index is 461. The van der Waals surface area contributed by atoms with Crippen molar-refractivity contribution >= 4 is 11.6 Å². The molecule has 1 fully saturated rings. The maximum atomic E-state index is 11.7. The van der Waals surface area contributed by atoms with Gasteiger partial charge in [0.25, 0.3) is 0 Å². The van der Waals surface area contributed by atoms with Crippen molar-refractivity contribution in [2.24, 2.45) is 5.92 Å². The maximum absolute atomic E-state index is 11.7. The minimum absolute atomic E-state index is 0.0689. The van der Waals surface area contributed by atoms with Crippen LogP contribution in [0.3, 0.4) is 0 Å². The highest BCUT2D eigenvalue weighted by Gasteiger charge is 2.24. The van der Waals surface area contributed by atoms with E-state index in [1.54, 1.807) is 7.05 Å². The summed E-state index contributed by atoms with van der Waals surface area (Å²) in [5.41, 5.74) is 1.75. The third-order valence-corrected chi connectivity index (χ3v) is 3.40. The molecule has 1 saturated heterocycles. The molecule has 1 aromatic rings. The normalized spacial score (nSPS) is 19.1. The molecular weight excluding hydrogens is 226 g/mol. The number of hydrogen-bond donors (Lipinski definition) is 1. The molecule has 0 spiro atoms. The van der Waals surface area contributed by atoms with Gasteiger partial charge in [-0.05, 0) is 37.1 Å². The van der Waals surface area contributed by atoms with E-state index in [9.17, 15) is 4.79 Å². The number of hydrogen-bond acceptors (Lipinski definition) is 3. The van der Waals surface area contributed by atoms with Gasteiger partial charge in [-0.3, -0.25) is 4.79 Å². The topological polar surface area (TPSA) is 56.1 Å². The third kappa shape index (κ3) is 2.62. The molecule has 0 radical (unpaired) electrons. The van der Waals surface area contributed by atoms with Crippen LogP contribution >= 0.6 is 0 Å². The molecule has 1 aromatic carbocycles. The number of benzene rings is 1. The highest BCUT2D eigenvalue weighted by atomic mass is 16.1. The monoisotopic (exact) mass is 243 g/mol. The number of piperidine rings is 1. The maximum Gasteiger partial charge on any atom is 0.224 e. The Balaban J connectivity index is 2.08. The van der Waals surface area contributed by atoms with E-state index >= 15 is 0 Å². The molecule has 1 heterocycles. The number of carbonyl (C=O) groups is 1. The lowest BCUT2D eigenvalue weighted by molar-refractivity contribution is -0.124. The van der Waals surface area contributed by atoms with E-state index < -0.39 is 0 Å². The standard InChI is InChI=1S/C14H17N3O/c1-16-14(18)12-3-2-8-17(10-12)13-6-4-11(9-15)5-7-13/h4-7,12H,2-3,8,10H2,1H3,(H,16,18). The van der Waals surface area contributed by atoms with Crippen molar-refractivity contribution in [1.82, 2.24) is 5.32 Å². The molecule has 94 valence electrons. The van der Waals surface area contributed by atoms with E-state index in [2.05, 4.69) is 16.3 Å². The first kappa shape index (κ1) is 12.4. The predicted octanol–water partition coefficient (Wildman–Crippen LogP) is 1.52. The summed E-state index contributed by atoms with van der Waals surface area (Å²) in [6, 6.07) is 9.65. The second-order valence-corrected chi connectivity index (χ2v) is 4.56. The smallest absolute Gasteiger partial charge is 0.224 e. The highest BCUT2D eigenvalue weighted by molar-refractivity contribution is 5.79. The summed E-state index contributed by atoms with van der Waals surface area (Å²) in [5, 5.41) is 11.5. The van der Waals surface area contributed by atoms with E-state index in [4.69, 9.17) is 5.26 Å². The number of nitriles is 1. The lowest BCUT2D eigenvalue weighted by Gasteiger charge is -2.33. The minimum atomic E-state index is 0.0689. The van der Waals surface area contributed by atoms with Crippen LogP contribution in [0.25, 0.3) is 0 Å². The van der Waals surface area contributed by atoms with Crippen molar-refractivity contribution in [1.29, 1.82) is 5.26 Å². The fourth-order valence-corrected chi connectivity index (χ4v) is 2.38. The lowest BCUT2D eigenvalue weighted by atomic mass is 9.96. The fraction of sp³-hybridized carbons (Fsp3) is 0.429. The van der Waals surface area contributed by atoms with Crippen LogP contribution in [0.4, 0.5) is 5.69 Å². The number of nitrogens with one attached hydrogen (secondary N) is 1. The first-order valence-electron chi connectivity index (χ1n) is 6.21. The van der Waals surface area contributed by atoms with Crippen molar-refractivity contribution in [3.63, 3.8) is 0 Å². The molecule has 1 aliphatic rings. The number of amides is 1. The van der Waals surface area contributed by atoms with Gasteiger partial charge in [0.05, 0.1) is 17.6 Å². The largest absolute Gasteiger partial charge is 0.371 e. The summed E-state index contributed by atoms with van der Waals surface area (Å²) >= 11 is 0. The average Bonchev–Trinajstić information content (AvgIpc) is 2.46. The summed E-state index contributed by atoms with van der Waals surface area (Å²) in [5.74, 6) is 0.188. The van der Waals surface area contributed by atoms with Gasteiger partial charge in [0, 0.05) is 25.8 Å². The van der Waals surface area contributed by atoms with Gasteiger partial charge in [-0.25, -0.2) is 0 Å². The van der Waals surface area contributed by atoms with Crippen molar-refractivity contribution in [3.05, 3.63) is 29.8 Å². The van der Waals surface area contributed by atoms with Crippen LogP contribution in [-0.2, 0) is 4.79 Å². The summed E-state index contributed by atoms with van der Waals surface area (Å²) in [7, 11) is 1.68. The van der Waals surface area contributed by atoms with Crippen LogP contribution < -0.4 is 10.2 Å². The van der Waals surface area contributed by atoms with Gasteiger partial charge in [0.2, 0.25) is 5.91 Å². The molecule has 4 nitrogen and oxygen atoms in total. The molecule has 0 saturated carbocycles. The molecule has 2 rings (SSSR count). The predicted molar refractivity (Wildman–Crippen MR) is 70.2 cm³/mol. The molecule has 0 aliphatic carbocycles. The molecule has 1 amide bonds. The van der Waals surface area contributed by atoms with Gasteiger partial charge in [0.15, 0.2) is 0 Å². The van der Waals surface area contributed by atoms with Gasteiger partial charge in [-0.1, -0.05) is 0 Å². The number of rotatable bonds is 2. The van der Waals surface area contributed by atoms with Crippen LogP contribution in [-0.4, -0.2) is 26.0 Å². The van der Waals surface area contributed by atoms with Gasteiger partial charge in [0.1, 0.15) is 0 Å². The molecule has 4 heteroatoms. The average molecular weight is 243 g/mol. The molecule has 1 unspecified atom stereocenters. The summed E-state index contributed by atoms with van der Waals surface area (Å²) in [4.78, 5) is 13.9. The third-order valence-electron chi connectivity index (χ3n) is 3.40. The van der Waals surface area contributed by atoms with Gasteiger partial charge >= 0.3 is 0 Å². The summed E-state index contributed by atoms with van der Waals surface area (Å²) in [6.45, 7) is 1.73. The Morgan fingerprint density at radius 2 is 2.17 bits per heavy atom. The zero-order chi connectivity index (χ0) is 13.0. The number of anilines is 1. The minimum Gasteiger partial charge on any atom is -0.371 e. The second-order valence-electron chi connectivity index (χ2n) is 4.56. The van der Waals surface area contributed by atoms with Gasteiger partial charge < -0.3 is 10.2 Å². The Kier molecular flexibility index (Phi) is 3.83. The highest BCUT2D eigenvalue weighted by Crippen LogP contribution is 2.23. The molecule has 0 bridgehead atoms. The van der Waals surface area contributed by atoms with Crippen molar-refractivity contribution in [2.45, 2.75) is 12.8 Å². The van der Waals surface area contributed by atoms with Crippen LogP contribution in [0.1, 0.15) is 18.4 Å². The number of carbonyl (C=O) groups excluding carboxylic acids is 1. The zero-order valence-corrected chi connectivity index (χ0v) is 10.5. The Hall–Kier alpha value is -2.02. The van der Waals surface area contributed by atoms with Crippen LogP contribution in [0.2, 0.25) is 0 Å². The van der Waals surface area contributed by atoms with Crippen molar-refractivity contribution in [2.75, 3.05) is 25.0 Å². The Morgan fingerprint density at radius 1 is 1.44 bits per heavy atom. The van der Waals surface area contributed by atoms with Crippen molar-refractivity contribution in [3.8, 4) is 6.07 Å². The van der Waals surface area contributed by atoms with Crippen molar-refractivity contribution < 1.29 is 4.79 Å². The summed E-state index contributed by atoms with van der Waals surface area (Å²) in [6.07, 6.45) is 1.98. The molecule has 0 aromatic heterocycles.